The van der Waals surface area contributed by atoms with Gasteiger partial charge in [-0.3, -0.25) is 0 Å². The number of hydrogen-bond acceptors (Lipinski definition) is 5. The van der Waals surface area contributed by atoms with E-state index in [9.17, 15) is 8.78 Å². The molecule has 0 saturated heterocycles. The molecule has 1 aromatic rings. The van der Waals surface area contributed by atoms with Crippen molar-refractivity contribution >= 4 is 11.8 Å². The lowest BCUT2D eigenvalue weighted by atomic mass is 10.4. The fourth-order valence-corrected chi connectivity index (χ4v) is 1.32. The number of nitrogens with one attached hydrogen (secondary N) is 2. The molecule has 0 radical (unpaired) electrons. The van der Waals surface area contributed by atoms with Gasteiger partial charge in [0.15, 0.2) is 0 Å². The van der Waals surface area contributed by atoms with Crippen molar-refractivity contribution < 1.29 is 13.5 Å². The highest BCUT2D eigenvalue weighted by atomic mass is 19.3. The maximum Gasteiger partial charge on any atom is 0.261 e. The Kier molecular flexibility index (Phi) is 6.27. The molecule has 0 aromatic carbocycles. The molecule has 18 heavy (non-hydrogen) atoms. The van der Waals surface area contributed by atoms with Crippen molar-refractivity contribution in [2.24, 2.45) is 0 Å². The Balaban J connectivity index is 2.37. The molecule has 0 spiro atoms. The smallest absolute Gasteiger partial charge is 0.261 e. The predicted molar refractivity (Wildman–Crippen MR) is 66.2 cm³/mol. The Morgan fingerprint density at radius 3 is 2.78 bits per heavy atom. The summed E-state index contributed by atoms with van der Waals surface area (Å²) in [5, 5.41) is 6.01. The van der Waals surface area contributed by atoms with E-state index >= 15 is 0 Å². The van der Waals surface area contributed by atoms with Crippen LogP contribution in [0.3, 0.4) is 0 Å². The Bertz CT molecular complexity index is 363. The van der Waals surface area contributed by atoms with E-state index in [1.165, 1.54) is 0 Å². The van der Waals surface area contributed by atoms with Crippen molar-refractivity contribution in [3.8, 4) is 0 Å². The maximum atomic E-state index is 11.8. The first-order chi connectivity index (χ1) is 8.61. The van der Waals surface area contributed by atoms with Crippen LogP contribution in [0.1, 0.15) is 12.6 Å². The second-order valence-electron chi connectivity index (χ2n) is 3.64. The normalized spacial score (nSPS) is 10.7. The summed E-state index contributed by atoms with van der Waals surface area (Å²) in [5.41, 5.74) is 0.831. The lowest BCUT2D eigenvalue weighted by Crippen LogP contribution is -2.14. The molecule has 0 aliphatic carbocycles. The Morgan fingerprint density at radius 1 is 1.33 bits per heavy atom. The zero-order valence-electron chi connectivity index (χ0n) is 10.5. The van der Waals surface area contributed by atoms with Crippen LogP contribution in [0.15, 0.2) is 6.07 Å². The van der Waals surface area contributed by atoms with E-state index in [0.717, 1.165) is 12.2 Å². The lowest BCUT2D eigenvalue weighted by Gasteiger charge is -2.09. The highest BCUT2D eigenvalue weighted by molar-refractivity contribution is 5.41. The van der Waals surface area contributed by atoms with Gasteiger partial charge in [-0.05, 0) is 13.8 Å². The molecule has 0 unspecified atom stereocenters. The van der Waals surface area contributed by atoms with Gasteiger partial charge in [0.1, 0.15) is 12.4 Å². The first-order valence-electron chi connectivity index (χ1n) is 5.81. The minimum Gasteiger partial charge on any atom is -0.374 e. The minimum absolute atomic E-state index is 0.212. The van der Waals surface area contributed by atoms with Gasteiger partial charge >= 0.3 is 0 Å². The average Bonchev–Trinajstić information content (AvgIpc) is 2.28. The first kappa shape index (κ1) is 14.6. The van der Waals surface area contributed by atoms with Crippen LogP contribution in [0, 0.1) is 6.92 Å². The fourth-order valence-electron chi connectivity index (χ4n) is 1.32. The molecule has 1 heterocycles. The van der Waals surface area contributed by atoms with Gasteiger partial charge in [0.05, 0.1) is 6.61 Å². The molecule has 0 amide bonds. The summed E-state index contributed by atoms with van der Waals surface area (Å²) in [6, 6.07) is 1.79. The molecule has 1 rings (SSSR count). The number of aromatic nitrogens is 2. The van der Waals surface area contributed by atoms with E-state index in [1.54, 1.807) is 6.07 Å². The highest BCUT2D eigenvalue weighted by Gasteiger charge is 2.03. The number of aryl methyl sites for hydroxylation is 1. The summed E-state index contributed by atoms with van der Waals surface area (Å²) in [5.74, 6) is 1.20. The molecular weight excluding hydrogens is 242 g/mol. The Morgan fingerprint density at radius 2 is 2.11 bits per heavy atom. The molecule has 5 nitrogen and oxygen atoms in total. The lowest BCUT2D eigenvalue weighted by molar-refractivity contribution is 0.0215. The van der Waals surface area contributed by atoms with Crippen LogP contribution in [0.4, 0.5) is 20.5 Å². The minimum atomic E-state index is -2.42. The predicted octanol–water partition coefficient (Wildman–Crippen LogP) is 1.91. The number of rotatable bonds is 8. The fraction of sp³-hybridized carbons (Fsp3) is 0.636. The molecule has 0 fully saturated rings. The topological polar surface area (TPSA) is 59.1 Å². The van der Waals surface area contributed by atoms with Crippen molar-refractivity contribution in [2.45, 2.75) is 20.3 Å². The van der Waals surface area contributed by atoms with Crippen molar-refractivity contribution in [3.05, 3.63) is 11.8 Å². The molecular formula is C11H18F2N4O. The third-order valence-corrected chi connectivity index (χ3v) is 1.99. The number of halogens is 2. The molecule has 0 bridgehead atoms. The van der Waals surface area contributed by atoms with Crippen LogP contribution >= 0.6 is 0 Å². The Labute approximate surface area is 105 Å². The molecule has 0 aliphatic rings. The largest absolute Gasteiger partial charge is 0.374 e. The van der Waals surface area contributed by atoms with Crippen LogP contribution in [-0.4, -0.2) is 42.7 Å². The molecule has 2 N–H and O–H groups in total. The van der Waals surface area contributed by atoms with Crippen LogP contribution in [0.2, 0.25) is 0 Å². The second kappa shape index (κ2) is 7.75. The van der Waals surface area contributed by atoms with Gasteiger partial charge < -0.3 is 15.4 Å². The quantitative estimate of drug-likeness (QED) is 0.699. The zero-order chi connectivity index (χ0) is 13.4. The van der Waals surface area contributed by atoms with E-state index in [0.29, 0.717) is 18.3 Å². The SMILES string of the molecule is CCNc1nc(C)cc(NCCOCC(F)F)n1. The summed E-state index contributed by atoms with van der Waals surface area (Å²) in [6.07, 6.45) is -2.42. The summed E-state index contributed by atoms with van der Waals surface area (Å²) in [4.78, 5) is 8.42. The van der Waals surface area contributed by atoms with Gasteiger partial charge in [-0.25, -0.2) is 13.8 Å². The van der Waals surface area contributed by atoms with E-state index in [-0.39, 0.29) is 6.61 Å². The first-order valence-corrected chi connectivity index (χ1v) is 5.81. The number of alkyl halides is 2. The molecule has 1 aromatic heterocycles. The van der Waals surface area contributed by atoms with Crippen molar-refractivity contribution in [2.75, 3.05) is 36.9 Å². The molecule has 0 atom stereocenters. The van der Waals surface area contributed by atoms with Crippen molar-refractivity contribution in [3.63, 3.8) is 0 Å². The van der Waals surface area contributed by atoms with Gasteiger partial charge in [0.2, 0.25) is 5.95 Å². The van der Waals surface area contributed by atoms with Gasteiger partial charge in [0.25, 0.3) is 6.43 Å². The maximum absolute atomic E-state index is 11.8. The van der Waals surface area contributed by atoms with Crippen LogP contribution in [-0.2, 0) is 4.74 Å². The summed E-state index contributed by atoms with van der Waals surface area (Å²) >= 11 is 0. The standard InChI is InChI=1S/C11H18F2N4O/c1-3-14-11-16-8(2)6-10(17-11)15-4-5-18-7-9(12)13/h6,9H,3-5,7H2,1-2H3,(H2,14,15,16,17). The van der Waals surface area contributed by atoms with E-state index in [4.69, 9.17) is 4.74 Å². The van der Waals surface area contributed by atoms with Crippen LogP contribution in [0.5, 0.6) is 0 Å². The number of hydrogen-bond donors (Lipinski definition) is 2. The van der Waals surface area contributed by atoms with Gasteiger partial charge in [-0.1, -0.05) is 0 Å². The van der Waals surface area contributed by atoms with Gasteiger partial charge in [-0.15, -0.1) is 0 Å². The highest BCUT2D eigenvalue weighted by Crippen LogP contribution is 2.08. The monoisotopic (exact) mass is 260 g/mol. The summed E-state index contributed by atoms with van der Waals surface area (Å²) in [7, 11) is 0. The van der Waals surface area contributed by atoms with Crippen molar-refractivity contribution in [1.82, 2.24) is 9.97 Å². The summed E-state index contributed by atoms with van der Waals surface area (Å²) in [6.45, 7) is 4.66. The molecule has 0 saturated carbocycles. The third kappa shape index (κ3) is 5.72. The van der Waals surface area contributed by atoms with Crippen LogP contribution in [0.25, 0.3) is 0 Å². The third-order valence-electron chi connectivity index (χ3n) is 1.99. The van der Waals surface area contributed by atoms with Crippen LogP contribution < -0.4 is 10.6 Å². The number of nitrogens with zero attached hydrogens (tertiary/aromatic N) is 2. The molecule has 7 heteroatoms. The molecule has 102 valence electrons. The van der Waals surface area contributed by atoms with Gasteiger partial charge in [-0.2, -0.15) is 4.98 Å². The Hall–Kier alpha value is -1.50. The van der Waals surface area contributed by atoms with E-state index in [2.05, 4.69) is 20.6 Å². The number of ether oxygens (including phenoxy) is 1. The second-order valence-corrected chi connectivity index (χ2v) is 3.64. The number of anilines is 2. The van der Waals surface area contributed by atoms with E-state index < -0.39 is 13.0 Å². The van der Waals surface area contributed by atoms with E-state index in [1.807, 2.05) is 13.8 Å². The van der Waals surface area contributed by atoms with Gasteiger partial charge in [0, 0.05) is 24.8 Å². The van der Waals surface area contributed by atoms with Crippen molar-refractivity contribution in [1.29, 1.82) is 0 Å². The average molecular weight is 260 g/mol. The summed E-state index contributed by atoms with van der Waals surface area (Å²) < 4.78 is 28.4. The zero-order valence-corrected chi connectivity index (χ0v) is 10.5. The molecule has 0 aliphatic heterocycles.